The normalized spacial score (nSPS) is 11.3. The molecule has 3 rings (SSSR count). The van der Waals surface area contributed by atoms with E-state index >= 15 is 0 Å². The van der Waals surface area contributed by atoms with Crippen LogP contribution in [-0.2, 0) is 0 Å². The molecule has 1 aromatic carbocycles. The first-order valence-corrected chi connectivity index (χ1v) is 8.12. The van der Waals surface area contributed by atoms with Crippen LogP contribution in [0.5, 0.6) is 0 Å². The molecule has 0 fully saturated rings. The number of aromatic nitrogens is 3. The summed E-state index contributed by atoms with van der Waals surface area (Å²) < 4.78 is 2.98. The Balaban J connectivity index is 1.90. The molecule has 0 bridgehead atoms. The molecule has 0 aliphatic rings. The molecule has 3 aromatic rings. The molecule has 0 saturated heterocycles. The fourth-order valence-electron chi connectivity index (χ4n) is 1.79. The highest BCUT2D eigenvalue weighted by atomic mass is 32.2. The first-order chi connectivity index (χ1) is 9.26. The molecule has 0 radical (unpaired) electrons. The molecule has 0 unspecified atom stereocenters. The number of benzene rings is 1. The molecule has 0 saturated carbocycles. The number of imidazole rings is 1. The van der Waals surface area contributed by atoms with Gasteiger partial charge in [-0.25, -0.2) is 9.50 Å². The predicted molar refractivity (Wildman–Crippen MR) is 82.1 cm³/mol. The van der Waals surface area contributed by atoms with Crippen LogP contribution in [0, 0.1) is 6.92 Å². The Hall–Kier alpha value is -1.33. The van der Waals surface area contributed by atoms with E-state index in [9.17, 15) is 0 Å². The first-order valence-electron chi connectivity index (χ1n) is 6.32. The van der Waals surface area contributed by atoms with Crippen LogP contribution in [-0.4, -0.2) is 20.4 Å². The third-order valence-electron chi connectivity index (χ3n) is 2.80. The Morgan fingerprint density at radius 3 is 2.74 bits per heavy atom. The summed E-state index contributed by atoms with van der Waals surface area (Å²) in [7, 11) is 0. The lowest BCUT2D eigenvalue weighted by atomic mass is 10.1. The number of hydrogen-bond donors (Lipinski definition) is 0. The Morgan fingerprint density at radius 2 is 2.05 bits per heavy atom. The van der Waals surface area contributed by atoms with Gasteiger partial charge in [-0.3, -0.25) is 0 Å². The highest BCUT2D eigenvalue weighted by molar-refractivity contribution is 8.01. The highest BCUT2D eigenvalue weighted by Gasteiger charge is 2.09. The third kappa shape index (κ3) is 2.67. The molecule has 0 amide bonds. The van der Waals surface area contributed by atoms with Gasteiger partial charge in [0.15, 0.2) is 4.34 Å². The van der Waals surface area contributed by atoms with Gasteiger partial charge in [0.2, 0.25) is 4.96 Å². The van der Waals surface area contributed by atoms with Crippen molar-refractivity contribution in [2.24, 2.45) is 0 Å². The van der Waals surface area contributed by atoms with Crippen molar-refractivity contribution in [2.75, 3.05) is 5.75 Å². The summed E-state index contributed by atoms with van der Waals surface area (Å²) in [6.07, 6.45) is 3.17. The fraction of sp³-hybridized carbons (Fsp3) is 0.286. The largest absolute Gasteiger partial charge is 0.217 e. The number of nitrogens with zero attached hydrogens (tertiary/aromatic N) is 3. The first kappa shape index (κ1) is 12.7. The minimum atomic E-state index is 0.967. The van der Waals surface area contributed by atoms with E-state index in [-0.39, 0.29) is 0 Å². The second kappa shape index (κ2) is 5.35. The molecular formula is C14H15N3S2. The van der Waals surface area contributed by atoms with Gasteiger partial charge in [-0.1, -0.05) is 59.9 Å². The minimum absolute atomic E-state index is 0.967. The van der Waals surface area contributed by atoms with Gasteiger partial charge in [0.05, 0.1) is 11.9 Å². The van der Waals surface area contributed by atoms with Crippen LogP contribution < -0.4 is 0 Å². The Bertz CT molecular complexity index is 651. The fourth-order valence-corrected chi connectivity index (χ4v) is 3.64. The lowest BCUT2D eigenvalue weighted by molar-refractivity contribution is 0.914. The van der Waals surface area contributed by atoms with Crippen LogP contribution in [0.2, 0.25) is 0 Å². The molecule has 0 aliphatic carbocycles. The van der Waals surface area contributed by atoms with E-state index in [0.717, 1.165) is 26.3 Å². The maximum absolute atomic E-state index is 4.65. The van der Waals surface area contributed by atoms with Crippen molar-refractivity contribution in [1.82, 2.24) is 14.6 Å². The molecule has 2 heterocycles. The SMILES string of the molecule is CCCSc1nn2cc(-c3ccc(C)cc3)nc2s1. The van der Waals surface area contributed by atoms with Gasteiger partial charge in [0.1, 0.15) is 0 Å². The van der Waals surface area contributed by atoms with Crippen LogP contribution >= 0.6 is 23.1 Å². The number of rotatable bonds is 4. The second-order valence-corrected chi connectivity index (χ2v) is 6.73. The number of fused-ring (bicyclic) bond motifs is 1. The van der Waals surface area contributed by atoms with E-state index in [1.807, 2.05) is 10.7 Å². The van der Waals surface area contributed by atoms with Gasteiger partial charge < -0.3 is 0 Å². The maximum atomic E-state index is 4.65. The van der Waals surface area contributed by atoms with Gasteiger partial charge in [0.25, 0.3) is 0 Å². The quantitative estimate of drug-likeness (QED) is 0.672. The number of aryl methyl sites for hydroxylation is 1. The average molecular weight is 289 g/mol. The maximum Gasteiger partial charge on any atom is 0.213 e. The van der Waals surface area contributed by atoms with Gasteiger partial charge in [0, 0.05) is 11.3 Å². The zero-order valence-corrected chi connectivity index (χ0v) is 12.6. The summed E-state index contributed by atoms with van der Waals surface area (Å²) >= 11 is 3.46. The second-order valence-electron chi connectivity index (χ2n) is 4.44. The molecule has 0 aliphatic heterocycles. The van der Waals surface area contributed by atoms with Gasteiger partial charge in [-0.15, -0.1) is 5.10 Å². The van der Waals surface area contributed by atoms with Crippen molar-refractivity contribution in [1.29, 1.82) is 0 Å². The molecule has 0 spiro atoms. The van der Waals surface area contributed by atoms with Crippen molar-refractivity contribution in [2.45, 2.75) is 24.6 Å². The van der Waals surface area contributed by atoms with E-state index in [1.54, 1.807) is 23.1 Å². The zero-order chi connectivity index (χ0) is 13.2. The summed E-state index contributed by atoms with van der Waals surface area (Å²) in [5.74, 6) is 1.11. The van der Waals surface area contributed by atoms with E-state index in [4.69, 9.17) is 0 Å². The molecule has 98 valence electrons. The third-order valence-corrected chi connectivity index (χ3v) is 5.06. The van der Waals surface area contributed by atoms with Gasteiger partial charge in [-0.2, -0.15) is 0 Å². The van der Waals surface area contributed by atoms with Gasteiger partial charge >= 0.3 is 0 Å². The lowest BCUT2D eigenvalue weighted by Crippen LogP contribution is -1.82. The highest BCUT2D eigenvalue weighted by Crippen LogP contribution is 2.27. The molecule has 19 heavy (non-hydrogen) atoms. The summed E-state index contributed by atoms with van der Waals surface area (Å²) in [6, 6.07) is 8.43. The van der Waals surface area contributed by atoms with Gasteiger partial charge in [-0.05, 0) is 13.3 Å². The van der Waals surface area contributed by atoms with Crippen molar-refractivity contribution in [3.05, 3.63) is 36.0 Å². The molecule has 2 aromatic heterocycles. The topological polar surface area (TPSA) is 30.2 Å². The van der Waals surface area contributed by atoms with Crippen molar-refractivity contribution < 1.29 is 0 Å². The zero-order valence-electron chi connectivity index (χ0n) is 11.0. The predicted octanol–water partition coefficient (Wildman–Crippen LogP) is 4.27. The Kier molecular flexibility index (Phi) is 3.57. The Labute approximate surface area is 120 Å². The minimum Gasteiger partial charge on any atom is -0.217 e. The summed E-state index contributed by atoms with van der Waals surface area (Å²) in [5, 5.41) is 4.55. The van der Waals surface area contributed by atoms with Crippen molar-refractivity contribution in [3.8, 4) is 11.3 Å². The molecule has 0 N–H and O–H groups in total. The van der Waals surface area contributed by atoms with E-state index in [0.29, 0.717) is 0 Å². The van der Waals surface area contributed by atoms with Crippen molar-refractivity contribution >= 4 is 28.1 Å². The number of thioether (sulfide) groups is 1. The van der Waals surface area contributed by atoms with E-state index in [2.05, 4.69) is 48.2 Å². The van der Waals surface area contributed by atoms with Crippen LogP contribution in [0.4, 0.5) is 0 Å². The summed E-state index contributed by atoms with van der Waals surface area (Å²) in [6.45, 7) is 4.27. The summed E-state index contributed by atoms with van der Waals surface area (Å²) in [5.41, 5.74) is 3.40. The summed E-state index contributed by atoms with van der Waals surface area (Å²) in [4.78, 5) is 5.61. The van der Waals surface area contributed by atoms with Crippen LogP contribution in [0.1, 0.15) is 18.9 Å². The Morgan fingerprint density at radius 1 is 1.26 bits per heavy atom. The molecular weight excluding hydrogens is 274 g/mol. The van der Waals surface area contributed by atoms with Crippen LogP contribution in [0.15, 0.2) is 34.8 Å². The van der Waals surface area contributed by atoms with E-state index < -0.39 is 0 Å². The smallest absolute Gasteiger partial charge is 0.213 e. The van der Waals surface area contributed by atoms with E-state index in [1.165, 1.54) is 12.0 Å². The molecule has 3 nitrogen and oxygen atoms in total. The monoisotopic (exact) mass is 289 g/mol. The van der Waals surface area contributed by atoms with Crippen LogP contribution in [0.25, 0.3) is 16.2 Å². The van der Waals surface area contributed by atoms with Crippen molar-refractivity contribution in [3.63, 3.8) is 0 Å². The van der Waals surface area contributed by atoms with Crippen LogP contribution in [0.3, 0.4) is 0 Å². The lowest BCUT2D eigenvalue weighted by Gasteiger charge is -1.96. The number of hydrogen-bond acceptors (Lipinski definition) is 4. The molecule has 0 atom stereocenters. The average Bonchev–Trinajstić information content (AvgIpc) is 2.95. The molecule has 5 heteroatoms. The standard InChI is InChI=1S/C14H15N3S2/c1-3-8-18-14-16-17-9-12(15-13(17)19-14)11-6-4-10(2)5-7-11/h4-7,9H,3,8H2,1-2H3.